The Morgan fingerprint density at radius 3 is 1.54 bits per heavy atom. The zero-order valence-corrected chi connectivity index (χ0v) is 42.9. The molecule has 2 saturated carbocycles. The largest absolute Gasteiger partial charge is 1.00 e. The molecule has 1 saturated heterocycles. The van der Waals surface area contributed by atoms with E-state index in [0.717, 1.165) is 30.6 Å². The Balaban J connectivity index is 0.000000482. The van der Waals surface area contributed by atoms with Crippen LogP contribution in [0.1, 0.15) is 111 Å². The van der Waals surface area contributed by atoms with E-state index in [2.05, 4.69) is 0 Å². The van der Waals surface area contributed by atoms with Crippen LogP contribution in [0.3, 0.4) is 0 Å². The van der Waals surface area contributed by atoms with E-state index in [1.807, 2.05) is 0 Å². The maximum atomic E-state index is 13.2. The van der Waals surface area contributed by atoms with Gasteiger partial charge in [-0.15, -0.1) is 0 Å². The van der Waals surface area contributed by atoms with Gasteiger partial charge in [-0.1, -0.05) is 74.5 Å². The van der Waals surface area contributed by atoms with Gasteiger partial charge in [-0.25, -0.2) is 14.4 Å². The molecule has 2 aliphatic carbocycles. The highest BCUT2D eigenvalue weighted by Crippen LogP contribution is 2.44. The average molecular weight is 1110 g/mol. The summed E-state index contributed by atoms with van der Waals surface area (Å²) in [6, 6.07) is 19.5. The zero-order valence-electron chi connectivity index (χ0n) is 39.9. The number of carboxylic acids is 2. The molecule has 2 N–H and O–H groups in total. The molecule has 4 amide bonds. The van der Waals surface area contributed by atoms with Crippen molar-refractivity contribution in [3.8, 4) is 0 Å². The molecule has 7 rings (SSSR count). The van der Waals surface area contributed by atoms with E-state index in [0.29, 0.717) is 71.8 Å². The third-order valence-corrected chi connectivity index (χ3v) is 13.7. The van der Waals surface area contributed by atoms with Gasteiger partial charge in [-0.05, 0) is 75.6 Å². The summed E-state index contributed by atoms with van der Waals surface area (Å²) in [5.74, 6) is -3.19. The monoisotopic (exact) mass is 1100 g/mol. The number of pyridine rings is 2. The molecule has 1 aliphatic heterocycles. The Morgan fingerprint density at radius 1 is 0.662 bits per heavy atom. The van der Waals surface area contributed by atoms with Gasteiger partial charge in [-0.2, -0.15) is 9.13 Å². The molecule has 3 aliphatic rings. The lowest BCUT2D eigenvalue weighted by atomic mass is 9.74. The topological polar surface area (TPSA) is 216 Å². The molecule has 3 atom stereocenters. The van der Waals surface area contributed by atoms with E-state index in [1.165, 1.54) is 56.4 Å². The Labute approximate surface area is 453 Å². The van der Waals surface area contributed by atoms with Crippen molar-refractivity contribution in [1.82, 2.24) is 19.6 Å². The van der Waals surface area contributed by atoms with Crippen molar-refractivity contribution in [2.45, 2.75) is 110 Å². The number of likely N-dealkylation sites (N-methyl/N-ethyl adjacent to an activating group) is 3. The molecule has 0 radical (unpaired) electrons. The highest BCUT2D eigenvalue weighted by Gasteiger charge is 2.50. The molecule has 402 valence electrons. The van der Waals surface area contributed by atoms with E-state index >= 15 is 0 Å². The summed E-state index contributed by atoms with van der Waals surface area (Å²) < 4.78 is 14.0. The number of carbonyl (C=O) groups is 8. The summed E-state index contributed by atoms with van der Waals surface area (Å²) in [6.07, 6.45) is 10.5. The summed E-state index contributed by atoms with van der Waals surface area (Å²) in [5, 5.41) is 19.1. The number of rotatable bonds is 13. The first-order valence-corrected chi connectivity index (χ1v) is 23.5. The van der Waals surface area contributed by atoms with Crippen LogP contribution in [0, 0.1) is 0 Å². The molecule has 0 bridgehead atoms. The number of carbonyl (C=O) groups excluding carboxylic acids is 6. The molecule has 2 aromatic carbocycles. The Morgan fingerprint density at radius 2 is 1.11 bits per heavy atom. The van der Waals surface area contributed by atoms with Crippen LogP contribution in [0.25, 0.3) is 0 Å². The Bertz CT molecular complexity index is 2660. The van der Waals surface area contributed by atoms with Gasteiger partial charge in [0.1, 0.15) is 34.8 Å². The van der Waals surface area contributed by atoms with Crippen molar-refractivity contribution >= 4 is 70.7 Å². The van der Waals surface area contributed by atoms with Gasteiger partial charge in [0.05, 0.1) is 0 Å². The minimum Gasteiger partial charge on any atom is -1.00 e. The summed E-state index contributed by atoms with van der Waals surface area (Å²) >= 11 is 12.9. The van der Waals surface area contributed by atoms with Crippen LogP contribution in [-0.2, 0) is 53.2 Å². The van der Waals surface area contributed by atoms with Crippen molar-refractivity contribution in [2.75, 3.05) is 34.2 Å². The summed E-state index contributed by atoms with van der Waals surface area (Å²) in [4.78, 5) is 105. The molecular formula is C52H64Cl4N6O12. The lowest BCUT2D eigenvalue weighted by molar-refractivity contribution is -0.727. The number of likely N-dealkylation sites (tertiary alicyclic amines) is 1. The van der Waals surface area contributed by atoms with Crippen molar-refractivity contribution in [1.29, 1.82) is 0 Å². The first-order valence-electron chi connectivity index (χ1n) is 22.8. The fourth-order valence-electron chi connectivity index (χ4n) is 9.41. The fraction of sp³-hybridized carbons (Fsp3) is 0.423. The van der Waals surface area contributed by atoms with Crippen molar-refractivity contribution in [3.63, 3.8) is 0 Å². The molecular weight excluding hydrogens is 1040 g/mol. The highest BCUT2D eigenvalue weighted by molar-refractivity contribution is 6.32. The first kappa shape index (κ1) is 63.8. The third-order valence-electron chi connectivity index (χ3n) is 13.0. The van der Waals surface area contributed by atoms with Gasteiger partial charge in [0, 0.05) is 73.8 Å². The first-order chi connectivity index (χ1) is 33.4. The van der Waals surface area contributed by atoms with Crippen LogP contribution in [0.4, 0.5) is 9.59 Å². The summed E-state index contributed by atoms with van der Waals surface area (Å²) in [6.45, 7) is -0.465. The zero-order chi connectivity index (χ0) is 50.8. The molecule has 2 aromatic heterocycles. The second kappa shape index (κ2) is 28.4. The number of carboxylic acid groups (broad SMARTS) is 2. The molecule has 4 aromatic rings. The molecule has 3 heterocycles. The quantitative estimate of drug-likeness (QED) is 0.182. The van der Waals surface area contributed by atoms with Gasteiger partial charge in [0.25, 0.3) is 25.3 Å². The number of halogens is 4. The minimum atomic E-state index is -1.21. The van der Waals surface area contributed by atoms with E-state index in [1.54, 1.807) is 86.2 Å². The van der Waals surface area contributed by atoms with Crippen molar-refractivity contribution < 1.29 is 92.0 Å². The number of aromatic nitrogens is 2. The smallest absolute Gasteiger partial charge is 0.415 e. The Kier molecular flexibility index (Phi) is 24.4. The number of nitrogens with zero attached hydrogens (tertiary/aromatic N) is 6. The predicted octanol–water partition coefficient (Wildman–Crippen LogP) is 1.51. The number of hydrogen-bond acceptors (Lipinski definition) is 10. The Hall–Kier alpha value is -6.34. The number of ether oxygens (including phenoxy) is 2. The predicted molar refractivity (Wildman–Crippen MR) is 265 cm³/mol. The van der Waals surface area contributed by atoms with Gasteiger partial charge in [0.2, 0.25) is 0 Å². The average Bonchev–Trinajstić information content (AvgIpc) is 3.86. The lowest BCUT2D eigenvalue weighted by Gasteiger charge is -2.43. The minimum absolute atomic E-state index is 0. The number of hydrogen-bond donors (Lipinski definition) is 2. The maximum absolute atomic E-state index is 13.2. The SMILES string of the molecule is C.C.CN(C(=O)OC[n+]1cccc(C(=O)N2CCC[C@H]2C(=O)O)c1)C1(c2ccccc2Cl)CCCCC1=O.CN(CC(=O)O)C(=O)c1ccc[n+](COC(=O)N(C)C2(c3ccccc3Cl)CCCCC2=O)c1.[Cl-].[Cl-]. The van der Waals surface area contributed by atoms with Gasteiger partial charge in [0.15, 0.2) is 36.4 Å². The number of aliphatic carboxylic acids is 2. The van der Waals surface area contributed by atoms with Crippen LogP contribution >= 0.6 is 23.2 Å². The number of ketones is 2. The number of Topliss-reactive ketones (excluding diaryl/α,β-unsaturated/α-hetero) is 2. The van der Waals surface area contributed by atoms with E-state index < -0.39 is 53.7 Å². The second-order valence-electron chi connectivity index (χ2n) is 17.4. The van der Waals surface area contributed by atoms with Crippen LogP contribution in [-0.4, -0.2) is 118 Å². The maximum Gasteiger partial charge on any atom is 0.415 e. The van der Waals surface area contributed by atoms with Gasteiger partial charge in [-0.3, -0.25) is 33.8 Å². The second-order valence-corrected chi connectivity index (χ2v) is 18.2. The van der Waals surface area contributed by atoms with Crippen molar-refractivity contribution in [2.24, 2.45) is 0 Å². The molecule has 3 fully saturated rings. The molecule has 2 unspecified atom stereocenters. The van der Waals surface area contributed by atoms with Crippen LogP contribution < -0.4 is 33.9 Å². The lowest BCUT2D eigenvalue weighted by Crippen LogP contribution is -3.00. The van der Waals surface area contributed by atoms with Crippen molar-refractivity contribution in [3.05, 3.63) is 130 Å². The van der Waals surface area contributed by atoms with Crippen LogP contribution in [0.15, 0.2) is 97.6 Å². The third kappa shape index (κ3) is 14.1. The molecule has 22 heteroatoms. The van der Waals surface area contributed by atoms with E-state index in [4.69, 9.17) is 37.8 Å². The van der Waals surface area contributed by atoms with Crippen LogP contribution in [0.5, 0.6) is 0 Å². The normalized spacial score (nSPS) is 18.7. The highest BCUT2D eigenvalue weighted by atomic mass is 35.5. The van der Waals surface area contributed by atoms with E-state index in [9.17, 15) is 43.5 Å². The van der Waals surface area contributed by atoms with Crippen LogP contribution in [0.2, 0.25) is 10.0 Å². The number of benzene rings is 2. The van der Waals surface area contributed by atoms with Gasteiger partial charge < -0.3 is 54.3 Å². The summed E-state index contributed by atoms with van der Waals surface area (Å²) in [5.41, 5.74) is -0.735. The van der Waals surface area contributed by atoms with Gasteiger partial charge >= 0.3 is 24.1 Å². The summed E-state index contributed by atoms with van der Waals surface area (Å²) in [7, 11) is 4.46. The standard InChI is InChI=1S/C26H28ClN3O6.C24H26ClN3O6.2CH4.2ClH/c1-28(26(13-5-4-12-22(26)31)19-9-2-3-10-20(19)27)25(35)36-17-29-14-6-8-18(16-29)23(32)30-15-7-11-21(30)24(33)34;1-26(15-21(30)31)22(32)17-8-7-13-28(14-17)16-34-23(33)27(2)24(12-6-5-11-20(24)29)18-9-3-4-10-19(18)25;;;;/h2-3,6,8-10,14,16,21H,4-5,7,11-13,15,17H2,1H3;3-4,7-10,13-14H,5-6,11-12,15-16H2,1-2H3;2*1H4;2*1H/t21-,26?;;;;;/m0...../s1. The van der Waals surface area contributed by atoms with E-state index in [-0.39, 0.29) is 76.2 Å². The molecule has 0 spiro atoms. The molecule has 74 heavy (non-hydrogen) atoms. The molecule has 18 nitrogen and oxygen atoms in total. The fourth-order valence-corrected chi connectivity index (χ4v) is 9.99. The number of amides is 4.